The molecule has 6 heteroatoms. The number of benzene rings is 3. The second-order valence-electron chi connectivity index (χ2n) is 8.23. The highest BCUT2D eigenvalue weighted by Crippen LogP contribution is 2.31. The minimum absolute atomic E-state index is 0.242. The van der Waals surface area contributed by atoms with Crippen LogP contribution in [0, 0.1) is 6.92 Å². The van der Waals surface area contributed by atoms with Crippen LogP contribution in [0.4, 0.5) is 5.69 Å². The van der Waals surface area contributed by atoms with Gasteiger partial charge in [-0.15, -0.1) is 0 Å². The molecular formula is C29H28N2O4. The lowest BCUT2D eigenvalue weighted by Gasteiger charge is -2.15. The normalized spacial score (nSPS) is 10.7. The van der Waals surface area contributed by atoms with Gasteiger partial charge < -0.3 is 14.8 Å². The molecule has 4 aromatic rings. The number of unbranched alkanes of at least 4 members (excludes halogenated alkanes) is 1. The Hall–Kier alpha value is -4.19. The van der Waals surface area contributed by atoms with Crippen molar-refractivity contribution in [1.29, 1.82) is 0 Å². The molecule has 0 spiro atoms. The molecule has 1 aromatic heterocycles. The van der Waals surface area contributed by atoms with Gasteiger partial charge in [-0.05, 0) is 73.5 Å². The summed E-state index contributed by atoms with van der Waals surface area (Å²) in [6, 6.07) is 21.9. The number of hydrogen-bond acceptors (Lipinski definition) is 5. The number of aromatic nitrogens is 1. The zero-order chi connectivity index (χ0) is 24.8. The van der Waals surface area contributed by atoms with Crippen molar-refractivity contribution in [2.24, 2.45) is 0 Å². The highest BCUT2D eigenvalue weighted by Gasteiger charge is 2.19. The minimum Gasteiger partial charge on any atom is -0.497 e. The number of para-hydroxylation sites is 1. The fraction of sp³-hybridized carbons (Fsp3) is 0.207. The van der Waals surface area contributed by atoms with Crippen molar-refractivity contribution in [3.63, 3.8) is 0 Å². The van der Waals surface area contributed by atoms with E-state index in [4.69, 9.17) is 14.5 Å². The van der Waals surface area contributed by atoms with Gasteiger partial charge in [-0.3, -0.25) is 4.79 Å². The van der Waals surface area contributed by atoms with Crippen molar-refractivity contribution in [2.45, 2.75) is 26.7 Å². The molecule has 1 N–H and O–H groups in total. The molecular weight excluding hydrogens is 440 g/mol. The van der Waals surface area contributed by atoms with Crippen LogP contribution in [0.1, 0.15) is 46.0 Å². The Morgan fingerprint density at radius 1 is 0.943 bits per heavy atom. The monoisotopic (exact) mass is 468 g/mol. The number of carbonyl (C=O) groups excluding carboxylic acids is 2. The molecule has 0 aliphatic heterocycles. The van der Waals surface area contributed by atoms with Gasteiger partial charge in [-0.25, -0.2) is 9.78 Å². The Kier molecular flexibility index (Phi) is 7.41. The number of carbonyl (C=O) groups is 2. The third-order valence-electron chi connectivity index (χ3n) is 5.84. The van der Waals surface area contributed by atoms with Crippen molar-refractivity contribution in [3.05, 3.63) is 89.5 Å². The molecule has 0 fully saturated rings. The number of ether oxygens (including phenoxy) is 2. The third-order valence-corrected chi connectivity index (χ3v) is 5.84. The van der Waals surface area contributed by atoms with Gasteiger partial charge in [0.15, 0.2) is 0 Å². The summed E-state index contributed by atoms with van der Waals surface area (Å²) in [6.07, 6.45) is 1.79. The van der Waals surface area contributed by atoms with Crippen molar-refractivity contribution in [2.75, 3.05) is 19.0 Å². The van der Waals surface area contributed by atoms with Crippen LogP contribution in [0.2, 0.25) is 0 Å². The zero-order valence-electron chi connectivity index (χ0n) is 20.1. The molecule has 4 rings (SSSR count). The van der Waals surface area contributed by atoms with E-state index in [0.717, 1.165) is 46.3 Å². The average Bonchev–Trinajstić information content (AvgIpc) is 2.89. The number of amides is 1. The Labute approximate surface area is 204 Å². The van der Waals surface area contributed by atoms with Gasteiger partial charge in [0.25, 0.3) is 5.91 Å². The SMILES string of the molecule is CCCCOC(=O)c1ccc(NC(=O)c2c(C)c(-c3ccc(OC)cc3)nc3ccccc23)cc1. The molecule has 1 amide bonds. The van der Waals surface area contributed by atoms with E-state index in [2.05, 4.69) is 5.32 Å². The van der Waals surface area contributed by atoms with Crippen LogP contribution in [-0.4, -0.2) is 30.6 Å². The first kappa shape index (κ1) is 24.0. The second-order valence-corrected chi connectivity index (χ2v) is 8.23. The fourth-order valence-corrected chi connectivity index (χ4v) is 3.91. The molecule has 0 radical (unpaired) electrons. The van der Waals surface area contributed by atoms with Crippen LogP contribution in [-0.2, 0) is 4.74 Å². The Morgan fingerprint density at radius 3 is 2.34 bits per heavy atom. The first-order valence-electron chi connectivity index (χ1n) is 11.6. The van der Waals surface area contributed by atoms with Gasteiger partial charge in [-0.2, -0.15) is 0 Å². The van der Waals surface area contributed by atoms with Gasteiger partial charge in [0, 0.05) is 16.6 Å². The largest absolute Gasteiger partial charge is 0.497 e. The maximum absolute atomic E-state index is 13.5. The molecule has 0 saturated heterocycles. The van der Waals surface area contributed by atoms with Gasteiger partial charge in [0.2, 0.25) is 0 Å². The third kappa shape index (κ3) is 5.32. The maximum atomic E-state index is 13.5. The van der Waals surface area contributed by atoms with E-state index >= 15 is 0 Å². The maximum Gasteiger partial charge on any atom is 0.338 e. The summed E-state index contributed by atoms with van der Waals surface area (Å²) in [6.45, 7) is 4.35. The first-order valence-corrected chi connectivity index (χ1v) is 11.6. The number of hydrogen-bond donors (Lipinski definition) is 1. The molecule has 0 aliphatic carbocycles. The number of fused-ring (bicyclic) bond motifs is 1. The van der Waals surface area contributed by atoms with Crippen molar-refractivity contribution >= 4 is 28.5 Å². The molecule has 0 atom stereocenters. The molecule has 0 unspecified atom stereocenters. The lowest BCUT2D eigenvalue weighted by Crippen LogP contribution is -2.15. The molecule has 0 bridgehead atoms. The van der Waals surface area contributed by atoms with E-state index < -0.39 is 0 Å². The number of rotatable bonds is 8. The molecule has 3 aromatic carbocycles. The van der Waals surface area contributed by atoms with Crippen molar-refractivity contribution in [3.8, 4) is 17.0 Å². The number of anilines is 1. The number of pyridine rings is 1. The highest BCUT2D eigenvalue weighted by molar-refractivity contribution is 6.14. The Balaban J connectivity index is 1.64. The van der Waals surface area contributed by atoms with Gasteiger partial charge in [0.05, 0.1) is 36.1 Å². The summed E-state index contributed by atoms with van der Waals surface area (Å²) in [4.78, 5) is 30.5. The number of nitrogens with zero attached hydrogens (tertiary/aromatic N) is 1. The lowest BCUT2D eigenvalue weighted by molar-refractivity contribution is 0.0499. The topological polar surface area (TPSA) is 77.5 Å². The van der Waals surface area contributed by atoms with Crippen LogP contribution < -0.4 is 10.1 Å². The summed E-state index contributed by atoms with van der Waals surface area (Å²) in [5, 5.41) is 3.74. The van der Waals surface area contributed by atoms with E-state index in [0.29, 0.717) is 23.4 Å². The Morgan fingerprint density at radius 2 is 1.66 bits per heavy atom. The minimum atomic E-state index is -0.364. The molecule has 0 aliphatic rings. The lowest BCUT2D eigenvalue weighted by atomic mass is 9.97. The average molecular weight is 469 g/mol. The summed E-state index contributed by atoms with van der Waals surface area (Å²) >= 11 is 0. The summed E-state index contributed by atoms with van der Waals surface area (Å²) in [5.41, 5.74) is 4.75. The second kappa shape index (κ2) is 10.8. The fourth-order valence-electron chi connectivity index (χ4n) is 3.91. The van der Waals surface area contributed by atoms with Crippen LogP contribution >= 0.6 is 0 Å². The molecule has 1 heterocycles. The smallest absolute Gasteiger partial charge is 0.338 e. The first-order chi connectivity index (χ1) is 17.0. The van der Waals surface area contributed by atoms with Crippen LogP contribution in [0.5, 0.6) is 5.75 Å². The molecule has 0 saturated carbocycles. The van der Waals surface area contributed by atoms with Crippen LogP contribution in [0.25, 0.3) is 22.2 Å². The van der Waals surface area contributed by atoms with E-state index in [1.165, 1.54) is 0 Å². The summed E-state index contributed by atoms with van der Waals surface area (Å²) < 4.78 is 10.5. The summed E-state index contributed by atoms with van der Waals surface area (Å²) in [5.74, 6) is 0.147. The number of nitrogens with one attached hydrogen (secondary N) is 1. The van der Waals surface area contributed by atoms with Gasteiger partial charge in [0.1, 0.15) is 5.75 Å². The van der Waals surface area contributed by atoms with E-state index in [9.17, 15) is 9.59 Å². The highest BCUT2D eigenvalue weighted by atomic mass is 16.5. The van der Waals surface area contributed by atoms with Crippen LogP contribution in [0.15, 0.2) is 72.8 Å². The van der Waals surface area contributed by atoms with Crippen LogP contribution in [0.3, 0.4) is 0 Å². The predicted octanol–water partition coefficient (Wildman–Crippen LogP) is 6.43. The van der Waals surface area contributed by atoms with E-state index in [1.54, 1.807) is 31.4 Å². The quantitative estimate of drug-likeness (QED) is 0.238. The summed E-state index contributed by atoms with van der Waals surface area (Å²) in [7, 11) is 1.62. The van der Waals surface area contributed by atoms with Gasteiger partial charge in [-0.1, -0.05) is 31.5 Å². The predicted molar refractivity (Wildman–Crippen MR) is 138 cm³/mol. The molecule has 6 nitrogen and oxygen atoms in total. The van der Waals surface area contributed by atoms with Crippen molar-refractivity contribution in [1.82, 2.24) is 4.98 Å². The van der Waals surface area contributed by atoms with Crippen molar-refractivity contribution < 1.29 is 19.1 Å². The number of methoxy groups -OCH3 is 1. The van der Waals surface area contributed by atoms with E-state index in [1.807, 2.05) is 62.4 Å². The Bertz CT molecular complexity index is 1350. The number of esters is 1. The van der Waals surface area contributed by atoms with E-state index in [-0.39, 0.29) is 11.9 Å². The standard InChI is InChI=1S/C29H28N2O4/c1-4-5-18-35-29(33)21-10-14-22(15-11-21)30-28(32)26-19(2)27(20-12-16-23(34-3)17-13-20)31-25-9-7-6-8-24(25)26/h6-17H,4-5,18H2,1-3H3,(H,30,32). The molecule has 35 heavy (non-hydrogen) atoms. The zero-order valence-corrected chi connectivity index (χ0v) is 20.1. The molecule has 178 valence electrons. The van der Waals surface area contributed by atoms with Gasteiger partial charge >= 0.3 is 5.97 Å².